The number of anilines is 2. The smallest absolute Gasteiger partial charge is 0.227 e. The quantitative estimate of drug-likeness (QED) is 0.503. The minimum atomic E-state index is 0.577. The molecule has 0 saturated carbocycles. The van der Waals surface area contributed by atoms with Crippen molar-refractivity contribution >= 4 is 23.2 Å². The van der Waals surface area contributed by atoms with E-state index in [4.69, 9.17) is 21.7 Å². The van der Waals surface area contributed by atoms with Gasteiger partial charge in [-0.25, -0.2) is 9.97 Å². The number of hydrogen-bond acceptors (Lipinski definition) is 4. The van der Waals surface area contributed by atoms with Crippen molar-refractivity contribution in [3.05, 3.63) is 76.6 Å². The molecule has 2 aromatic carbocycles. The van der Waals surface area contributed by atoms with Crippen LogP contribution in [-0.2, 0) is 19.9 Å². The first kappa shape index (κ1) is 17.9. The van der Waals surface area contributed by atoms with Crippen molar-refractivity contribution in [2.24, 2.45) is 7.05 Å². The normalized spacial score (nSPS) is 12.4. The van der Waals surface area contributed by atoms with E-state index in [2.05, 4.69) is 10.3 Å². The highest BCUT2D eigenvalue weighted by Crippen LogP contribution is 2.42. The van der Waals surface area contributed by atoms with Gasteiger partial charge in [-0.2, -0.15) is 5.10 Å². The molecule has 1 N–H and O–H groups in total. The number of benzene rings is 2. The van der Waals surface area contributed by atoms with Crippen molar-refractivity contribution in [2.75, 3.05) is 5.32 Å². The Morgan fingerprint density at radius 3 is 2.69 bits per heavy atom. The third-order valence-corrected chi connectivity index (χ3v) is 5.83. The van der Waals surface area contributed by atoms with Gasteiger partial charge < -0.3 is 5.32 Å². The zero-order chi connectivity index (χ0) is 20.0. The maximum absolute atomic E-state index is 6.68. The zero-order valence-corrected chi connectivity index (χ0v) is 17.0. The first-order chi connectivity index (χ1) is 14.1. The lowest BCUT2D eigenvalue weighted by Crippen LogP contribution is -2.08. The summed E-state index contributed by atoms with van der Waals surface area (Å²) in [5, 5.41) is 8.84. The lowest BCUT2D eigenvalue weighted by atomic mass is 9.91. The fraction of sp³-hybridized carbons (Fsp3) is 0.174. The summed E-state index contributed by atoms with van der Waals surface area (Å²) in [5.41, 5.74) is 8.15. The Labute approximate surface area is 174 Å². The summed E-state index contributed by atoms with van der Waals surface area (Å²) in [6.07, 6.45) is 3.67. The molecule has 2 heterocycles. The number of nitrogens with zero attached hydrogens (tertiary/aromatic N) is 4. The summed E-state index contributed by atoms with van der Waals surface area (Å²) in [7, 11) is 1.97. The number of para-hydroxylation sites is 1. The summed E-state index contributed by atoms with van der Waals surface area (Å²) in [6.45, 7) is 2.02. The first-order valence-electron chi connectivity index (χ1n) is 9.61. The summed E-state index contributed by atoms with van der Waals surface area (Å²) >= 11 is 6.68. The Hall–Kier alpha value is -3.18. The predicted molar refractivity (Wildman–Crippen MR) is 117 cm³/mol. The third-order valence-electron chi connectivity index (χ3n) is 5.33. The molecule has 0 atom stereocenters. The predicted octanol–water partition coefficient (Wildman–Crippen LogP) is 5.35. The molecule has 0 unspecified atom stereocenters. The van der Waals surface area contributed by atoms with Crippen molar-refractivity contribution in [2.45, 2.75) is 19.8 Å². The second-order valence-electron chi connectivity index (χ2n) is 7.29. The van der Waals surface area contributed by atoms with Gasteiger partial charge in [-0.1, -0.05) is 48.0 Å². The van der Waals surface area contributed by atoms with Crippen LogP contribution in [-0.4, -0.2) is 19.7 Å². The Morgan fingerprint density at radius 2 is 1.86 bits per heavy atom. The van der Waals surface area contributed by atoms with Gasteiger partial charge >= 0.3 is 0 Å². The third kappa shape index (κ3) is 3.08. The van der Waals surface area contributed by atoms with E-state index in [1.54, 1.807) is 0 Å². The molecule has 5 rings (SSSR count). The van der Waals surface area contributed by atoms with Gasteiger partial charge in [-0.15, -0.1) is 0 Å². The second-order valence-corrected chi connectivity index (χ2v) is 7.67. The van der Waals surface area contributed by atoms with E-state index in [0.29, 0.717) is 5.95 Å². The van der Waals surface area contributed by atoms with Gasteiger partial charge in [0.2, 0.25) is 5.95 Å². The minimum Gasteiger partial charge on any atom is -0.324 e. The van der Waals surface area contributed by atoms with Crippen LogP contribution in [0.4, 0.5) is 11.6 Å². The monoisotopic (exact) mass is 401 g/mol. The highest BCUT2D eigenvalue weighted by atomic mass is 35.5. The van der Waals surface area contributed by atoms with Crippen LogP contribution in [0.1, 0.15) is 16.8 Å². The molecule has 144 valence electrons. The van der Waals surface area contributed by atoms with Crippen LogP contribution >= 0.6 is 11.6 Å². The molecule has 4 aromatic rings. The molecule has 1 aliphatic rings. The SMILES string of the molecule is Cc1cccc(-c2c3c(nn2C)CCc2cnc(Nc4ccccc4)nc2-3)c1Cl. The van der Waals surface area contributed by atoms with Crippen molar-refractivity contribution in [1.29, 1.82) is 0 Å². The van der Waals surface area contributed by atoms with Crippen LogP contribution in [0.3, 0.4) is 0 Å². The van der Waals surface area contributed by atoms with E-state index in [0.717, 1.165) is 62.9 Å². The zero-order valence-electron chi connectivity index (χ0n) is 16.3. The topological polar surface area (TPSA) is 55.6 Å². The summed E-state index contributed by atoms with van der Waals surface area (Å²) in [6, 6.07) is 16.0. The number of aromatic nitrogens is 4. The fourth-order valence-electron chi connectivity index (χ4n) is 3.91. The largest absolute Gasteiger partial charge is 0.324 e. The molecular formula is C23H20ClN5. The average Bonchev–Trinajstić information content (AvgIpc) is 3.07. The van der Waals surface area contributed by atoms with Crippen LogP contribution < -0.4 is 5.32 Å². The molecule has 0 radical (unpaired) electrons. The molecule has 0 saturated heterocycles. The van der Waals surface area contributed by atoms with E-state index in [-0.39, 0.29) is 0 Å². The second kappa shape index (κ2) is 7.01. The van der Waals surface area contributed by atoms with Crippen molar-refractivity contribution in [1.82, 2.24) is 19.7 Å². The molecule has 2 aromatic heterocycles. The van der Waals surface area contributed by atoms with Gasteiger partial charge in [-0.05, 0) is 43.0 Å². The van der Waals surface area contributed by atoms with Gasteiger partial charge in [0.25, 0.3) is 0 Å². The standard InChI is InChI=1S/C23H20ClN5/c1-14-7-6-10-17(20(14)24)22-19-18(28-29(22)2)12-11-15-13-25-23(27-21(15)19)26-16-8-4-3-5-9-16/h3-10,13H,11-12H2,1-2H3,(H,25,26,27). The van der Waals surface area contributed by atoms with E-state index < -0.39 is 0 Å². The Bertz CT molecular complexity index is 1210. The maximum Gasteiger partial charge on any atom is 0.227 e. The molecule has 6 heteroatoms. The van der Waals surface area contributed by atoms with E-state index in [9.17, 15) is 0 Å². The van der Waals surface area contributed by atoms with Crippen LogP contribution in [0.2, 0.25) is 5.02 Å². The van der Waals surface area contributed by atoms with Gasteiger partial charge in [0.1, 0.15) is 0 Å². The van der Waals surface area contributed by atoms with E-state index >= 15 is 0 Å². The van der Waals surface area contributed by atoms with Crippen LogP contribution in [0.25, 0.3) is 22.5 Å². The Balaban J connectivity index is 1.67. The van der Waals surface area contributed by atoms with Gasteiger partial charge in [0.15, 0.2) is 0 Å². The number of nitrogens with one attached hydrogen (secondary N) is 1. The van der Waals surface area contributed by atoms with Crippen molar-refractivity contribution in [3.63, 3.8) is 0 Å². The number of hydrogen-bond donors (Lipinski definition) is 1. The van der Waals surface area contributed by atoms with Crippen LogP contribution in [0.5, 0.6) is 0 Å². The highest BCUT2D eigenvalue weighted by molar-refractivity contribution is 6.34. The Kier molecular flexibility index (Phi) is 4.32. The average molecular weight is 402 g/mol. The van der Waals surface area contributed by atoms with Gasteiger partial charge in [0.05, 0.1) is 22.1 Å². The molecule has 0 spiro atoms. The molecule has 29 heavy (non-hydrogen) atoms. The van der Waals surface area contributed by atoms with Gasteiger partial charge in [0, 0.05) is 30.1 Å². The molecule has 5 nitrogen and oxygen atoms in total. The summed E-state index contributed by atoms with van der Waals surface area (Å²) in [4.78, 5) is 9.41. The first-order valence-corrected chi connectivity index (χ1v) is 9.99. The fourth-order valence-corrected chi connectivity index (χ4v) is 4.13. The number of aryl methyl sites for hydroxylation is 4. The molecule has 1 aliphatic carbocycles. The number of halogens is 1. The number of rotatable bonds is 3. The van der Waals surface area contributed by atoms with E-state index in [1.165, 1.54) is 0 Å². The molecular weight excluding hydrogens is 382 g/mol. The van der Waals surface area contributed by atoms with Crippen LogP contribution in [0.15, 0.2) is 54.7 Å². The lowest BCUT2D eigenvalue weighted by molar-refractivity contribution is 0.741. The summed E-state index contributed by atoms with van der Waals surface area (Å²) in [5.74, 6) is 0.577. The minimum absolute atomic E-state index is 0.577. The van der Waals surface area contributed by atoms with Crippen molar-refractivity contribution in [3.8, 4) is 22.5 Å². The Morgan fingerprint density at radius 1 is 1.03 bits per heavy atom. The summed E-state index contributed by atoms with van der Waals surface area (Å²) < 4.78 is 1.92. The molecule has 0 bridgehead atoms. The molecule has 0 aliphatic heterocycles. The maximum atomic E-state index is 6.68. The highest BCUT2D eigenvalue weighted by Gasteiger charge is 2.28. The lowest BCUT2D eigenvalue weighted by Gasteiger charge is -2.17. The molecule has 0 amide bonds. The van der Waals surface area contributed by atoms with Crippen LogP contribution in [0, 0.1) is 6.92 Å². The number of fused-ring (bicyclic) bond motifs is 3. The van der Waals surface area contributed by atoms with Gasteiger partial charge in [-0.3, -0.25) is 4.68 Å². The van der Waals surface area contributed by atoms with Crippen molar-refractivity contribution < 1.29 is 0 Å². The van der Waals surface area contributed by atoms with E-state index in [1.807, 2.05) is 73.4 Å². The molecule has 0 fully saturated rings.